The number of hydrogen-bond acceptors (Lipinski definition) is 8. The van der Waals surface area contributed by atoms with Crippen LogP contribution >= 0.6 is 0 Å². The van der Waals surface area contributed by atoms with Gasteiger partial charge in [-0.25, -0.2) is 9.37 Å². The van der Waals surface area contributed by atoms with Gasteiger partial charge in [-0.1, -0.05) is 6.07 Å². The lowest BCUT2D eigenvalue weighted by Gasteiger charge is -2.31. The van der Waals surface area contributed by atoms with Crippen LogP contribution in [0, 0.1) is 17.8 Å². The monoisotopic (exact) mass is 545 g/mol. The Labute approximate surface area is 231 Å². The van der Waals surface area contributed by atoms with E-state index in [2.05, 4.69) is 22.3 Å². The molecule has 1 aromatic heterocycles. The van der Waals surface area contributed by atoms with E-state index in [1.807, 2.05) is 12.2 Å². The zero-order valence-corrected chi connectivity index (χ0v) is 23.5. The van der Waals surface area contributed by atoms with E-state index >= 15 is 0 Å². The Morgan fingerprint density at radius 3 is 2.95 bits per heavy atom. The van der Waals surface area contributed by atoms with Gasteiger partial charge >= 0.3 is 5.97 Å². The van der Waals surface area contributed by atoms with E-state index < -0.39 is 6.67 Å². The number of ether oxygens (including phenoxy) is 4. The number of pyridine rings is 1. The molecule has 8 nitrogen and oxygen atoms in total. The molecule has 2 unspecified atom stereocenters. The van der Waals surface area contributed by atoms with Gasteiger partial charge in [0.1, 0.15) is 37.2 Å². The molecule has 4 rings (SSSR count). The van der Waals surface area contributed by atoms with E-state index in [0.29, 0.717) is 37.7 Å². The predicted octanol–water partition coefficient (Wildman–Crippen LogP) is 4.31. The Bertz CT molecular complexity index is 1000. The smallest absolute Gasteiger partial charge is 0.305 e. The van der Waals surface area contributed by atoms with Gasteiger partial charge in [0.2, 0.25) is 0 Å². The van der Waals surface area contributed by atoms with E-state index in [-0.39, 0.29) is 24.4 Å². The van der Waals surface area contributed by atoms with Crippen molar-refractivity contribution in [1.29, 1.82) is 0 Å². The molecule has 39 heavy (non-hydrogen) atoms. The van der Waals surface area contributed by atoms with Crippen molar-refractivity contribution in [3.05, 3.63) is 47.1 Å². The average Bonchev–Trinajstić information content (AvgIpc) is 3.41. The molecule has 1 saturated heterocycles. The molecular weight excluding hydrogens is 501 g/mol. The van der Waals surface area contributed by atoms with Crippen molar-refractivity contribution in [2.45, 2.75) is 44.9 Å². The third-order valence-corrected chi connectivity index (χ3v) is 7.92. The molecule has 0 radical (unpaired) electrons. The van der Waals surface area contributed by atoms with E-state index in [1.54, 1.807) is 7.11 Å². The topological polar surface area (TPSA) is 82.2 Å². The van der Waals surface area contributed by atoms with Crippen molar-refractivity contribution < 1.29 is 28.1 Å². The molecule has 0 bridgehead atoms. The van der Waals surface area contributed by atoms with Gasteiger partial charge in [-0.2, -0.15) is 0 Å². The van der Waals surface area contributed by atoms with Gasteiger partial charge < -0.3 is 29.2 Å². The number of likely N-dealkylation sites (tertiary alicyclic amines) is 1. The summed E-state index contributed by atoms with van der Waals surface area (Å²) >= 11 is 0. The lowest BCUT2D eigenvalue weighted by atomic mass is 9.83. The second-order valence-corrected chi connectivity index (χ2v) is 10.8. The fourth-order valence-corrected chi connectivity index (χ4v) is 5.83. The van der Waals surface area contributed by atoms with Crippen LogP contribution in [-0.2, 0) is 36.6 Å². The first kappa shape index (κ1) is 29.3. The molecule has 1 N–H and O–H groups in total. The average molecular weight is 546 g/mol. The number of nitrogens with one attached hydrogen (secondary N) is 1. The van der Waals surface area contributed by atoms with E-state index in [4.69, 9.17) is 23.9 Å². The second kappa shape index (κ2) is 15.2. The van der Waals surface area contributed by atoms with Gasteiger partial charge in [0.05, 0.1) is 20.1 Å². The lowest BCUT2D eigenvalue weighted by Crippen LogP contribution is -2.34. The number of fused-ring (bicyclic) bond motifs is 1. The minimum Gasteiger partial charge on any atom is -0.495 e. The zero-order valence-electron chi connectivity index (χ0n) is 23.5. The number of hydrogen-bond donors (Lipinski definition) is 1. The number of carbonyl (C=O) groups is 1. The summed E-state index contributed by atoms with van der Waals surface area (Å²) in [7, 11) is 3.06. The van der Waals surface area contributed by atoms with Crippen molar-refractivity contribution >= 4 is 11.8 Å². The number of alkyl halides is 1. The minimum atomic E-state index is -0.562. The molecule has 1 fully saturated rings. The van der Waals surface area contributed by atoms with Crippen LogP contribution in [-0.4, -0.2) is 82.7 Å². The fourth-order valence-electron chi connectivity index (χ4n) is 5.83. The number of aromatic nitrogens is 1. The minimum absolute atomic E-state index is 0.00891. The summed E-state index contributed by atoms with van der Waals surface area (Å²) in [5, 5.41) is 3.43. The first-order chi connectivity index (χ1) is 19.1. The molecule has 3 aliphatic rings. The van der Waals surface area contributed by atoms with Gasteiger partial charge in [-0.05, 0) is 74.1 Å². The van der Waals surface area contributed by atoms with Gasteiger partial charge in [0.15, 0.2) is 0 Å². The summed E-state index contributed by atoms with van der Waals surface area (Å²) in [6.07, 6.45) is 10.3. The number of esters is 1. The van der Waals surface area contributed by atoms with Gasteiger partial charge in [0.25, 0.3) is 0 Å². The van der Waals surface area contributed by atoms with Crippen molar-refractivity contribution in [2.24, 2.45) is 17.8 Å². The van der Waals surface area contributed by atoms with Crippen LogP contribution in [0.5, 0.6) is 0 Å². The maximum Gasteiger partial charge on any atom is 0.305 e. The number of nitrogens with zero attached hydrogens (tertiary/aromatic N) is 2. The zero-order chi connectivity index (χ0) is 27.5. The van der Waals surface area contributed by atoms with E-state index in [1.165, 1.54) is 19.1 Å². The Hall–Kier alpha value is -2.65. The molecule has 0 saturated carbocycles. The molecule has 1 aromatic rings. The molecular formula is C30H44FN3O5. The largest absolute Gasteiger partial charge is 0.495 e. The first-order valence-electron chi connectivity index (χ1n) is 14.3. The third-order valence-electron chi connectivity index (χ3n) is 7.92. The van der Waals surface area contributed by atoms with Gasteiger partial charge in [-0.3, -0.25) is 4.79 Å². The van der Waals surface area contributed by atoms with Crippen LogP contribution < -0.4 is 5.32 Å². The summed E-state index contributed by atoms with van der Waals surface area (Å²) in [5.41, 5.74) is 2.48. The molecule has 0 spiro atoms. The second-order valence-electron chi connectivity index (χ2n) is 10.8. The molecule has 216 valence electrons. The number of aryl methyl sites for hydroxylation is 2. The molecule has 9 heteroatoms. The lowest BCUT2D eigenvalue weighted by molar-refractivity contribution is -0.142. The summed E-state index contributed by atoms with van der Waals surface area (Å²) < 4.78 is 34.5. The maximum absolute atomic E-state index is 12.8. The van der Waals surface area contributed by atoms with Gasteiger partial charge in [-0.15, -0.1) is 0 Å². The molecule has 0 aromatic carbocycles. The van der Waals surface area contributed by atoms with E-state index in [0.717, 1.165) is 69.1 Å². The number of halogens is 1. The molecule has 1 aliphatic carbocycles. The number of anilines is 1. The molecule has 0 amide bonds. The highest BCUT2D eigenvalue weighted by molar-refractivity contribution is 5.69. The Morgan fingerprint density at radius 2 is 2.13 bits per heavy atom. The fraction of sp³-hybridized carbons (Fsp3) is 0.667. The number of allylic oxidation sites excluding steroid dienone is 3. The summed E-state index contributed by atoms with van der Waals surface area (Å²) in [6.45, 7) is 4.14. The maximum atomic E-state index is 12.8. The Kier molecular flexibility index (Phi) is 11.4. The highest BCUT2D eigenvalue weighted by Gasteiger charge is 2.32. The number of methoxy groups -OCH3 is 2. The molecule has 3 heterocycles. The van der Waals surface area contributed by atoms with E-state index in [9.17, 15) is 9.18 Å². The summed E-state index contributed by atoms with van der Waals surface area (Å²) in [4.78, 5) is 19.7. The SMILES string of the molecule is COCCOC1=CC(OCCF)=CC(C(CC(=O)OC)CN2CC[C@@H](CCc3ccc4c(n3)NCCC4)C2)C1. The van der Waals surface area contributed by atoms with Crippen LogP contribution in [0.15, 0.2) is 35.8 Å². The Morgan fingerprint density at radius 1 is 1.23 bits per heavy atom. The standard InChI is InChI=1S/C30H44FN3O5/c1-36-14-15-39-28-17-24(16-27(19-28)38-13-10-31)25(18-29(35)37-2)21-34-12-9-22(20-34)5-7-26-8-6-23-4-3-11-32-30(23)33-26/h6,8,16,19,22,24-25H,3-5,7,9-15,17-18,20-21H2,1-2H3,(H,32,33)/t22-,24?,25?/m1/s1. The molecule has 3 atom stereocenters. The van der Waals surface area contributed by atoms with Crippen LogP contribution in [0.3, 0.4) is 0 Å². The van der Waals surface area contributed by atoms with Crippen molar-refractivity contribution in [1.82, 2.24) is 9.88 Å². The summed E-state index contributed by atoms with van der Waals surface area (Å²) in [5.74, 6) is 2.86. The van der Waals surface area contributed by atoms with Gasteiger partial charge in [0, 0.05) is 44.9 Å². The number of rotatable bonds is 15. The quantitative estimate of drug-likeness (QED) is 0.258. The Balaban J connectivity index is 1.35. The first-order valence-corrected chi connectivity index (χ1v) is 14.3. The summed E-state index contributed by atoms with van der Waals surface area (Å²) in [6, 6.07) is 4.41. The van der Waals surface area contributed by atoms with Crippen LogP contribution in [0.25, 0.3) is 0 Å². The highest BCUT2D eigenvalue weighted by atomic mass is 19.1. The van der Waals surface area contributed by atoms with Crippen molar-refractivity contribution in [2.75, 3.05) is 72.2 Å². The number of carbonyl (C=O) groups excluding carboxylic acids is 1. The van der Waals surface area contributed by atoms with Crippen molar-refractivity contribution in [3.8, 4) is 0 Å². The predicted molar refractivity (Wildman–Crippen MR) is 148 cm³/mol. The third kappa shape index (κ3) is 8.93. The van der Waals surface area contributed by atoms with Crippen molar-refractivity contribution in [3.63, 3.8) is 0 Å². The van der Waals surface area contributed by atoms with Crippen LogP contribution in [0.1, 0.15) is 43.4 Å². The molecule has 2 aliphatic heterocycles. The normalized spacial score (nSPS) is 21.8. The highest BCUT2D eigenvalue weighted by Crippen LogP contribution is 2.34. The van der Waals surface area contributed by atoms with Crippen LogP contribution in [0.4, 0.5) is 10.2 Å². The van der Waals surface area contributed by atoms with Crippen LogP contribution in [0.2, 0.25) is 0 Å².